The Bertz CT molecular complexity index is 769. The van der Waals surface area contributed by atoms with Crippen LogP contribution in [0, 0.1) is 0 Å². The first kappa shape index (κ1) is 15.3. The van der Waals surface area contributed by atoms with E-state index < -0.39 is 0 Å². The van der Waals surface area contributed by atoms with Crippen LogP contribution < -0.4 is 10.1 Å². The third-order valence-corrected chi connectivity index (χ3v) is 4.51. The predicted molar refractivity (Wildman–Crippen MR) is 93.1 cm³/mol. The van der Waals surface area contributed by atoms with Crippen LogP contribution in [-0.4, -0.2) is 13.0 Å². The Morgan fingerprint density at radius 2 is 1.87 bits per heavy atom. The smallest absolute Gasteiger partial charge is 0.252 e. The molecule has 0 bridgehead atoms. The van der Waals surface area contributed by atoms with Crippen LogP contribution in [-0.2, 0) is 0 Å². The predicted octanol–water partition coefficient (Wildman–Crippen LogP) is 4.28. The normalized spacial score (nSPS) is 11.7. The van der Waals surface area contributed by atoms with Gasteiger partial charge in [-0.05, 0) is 35.2 Å². The van der Waals surface area contributed by atoms with E-state index in [4.69, 9.17) is 4.74 Å². The Morgan fingerprint density at radius 3 is 2.57 bits per heavy atom. The molecule has 0 aliphatic carbocycles. The molecule has 0 saturated carbocycles. The lowest BCUT2D eigenvalue weighted by atomic mass is 10.0. The number of hydrogen-bond acceptors (Lipinski definition) is 3. The first-order chi connectivity index (χ1) is 11.3. The highest BCUT2D eigenvalue weighted by Gasteiger charge is 2.18. The fraction of sp³-hybridized carbons (Fsp3) is 0.105. The van der Waals surface area contributed by atoms with Crippen LogP contribution in [0.5, 0.6) is 5.75 Å². The lowest BCUT2D eigenvalue weighted by Crippen LogP contribution is -2.28. The van der Waals surface area contributed by atoms with Gasteiger partial charge in [-0.2, -0.15) is 0 Å². The molecule has 1 atom stereocenters. The molecule has 1 aromatic heterocycles. The summed E-state index contributed by atoms with van der Waals surface area (Å²) in [6.07, 6.45) is 0. The summed E-state index contributed by atoms with van der Waals surface area (Å²) in [5.41, 5.74) is 1.65. The first-order valence-electron chi connectivity index (χ1n) is 7.31. The Balaban J connectivity index is 1.88. The Kier molecular flexibility index (Phi) is 4.74. The molecular formula is C19H17NO2S. The number of amides is 1. The second-order valence-corrected chi connectivity index (χ2v) is 6.04. The van der Waals surface area contributed by atoms with E-state index in [1.165, 1.54) is 0 Å². The zero-order valence-electron chi connectivity index (χ0n) is 12.7. The van der Waals surface area contributed by atoms with E-state index in [1.807, 2.05) is 60.0 Å². The molecule has 0 spiro atoms. The molecule has 3 rings (SSSR count). The lowest BCUT2D eigenvalue weighted by molar-refractivity contribution is 0.0943. The molecule has 0 fully saturated rings. The van der Waals surface area contributed by atoms with Crippen molar-refractivity contribution in [3.63, 3.8) is 0 Å². The molecular weight excluding hydrogens is 306 g/mol. The van der Waals surface area contributed by atoms with Gasteiger partial charge in [-0.15, -0.1) is 11.3 Å². The van der Waals surface area contributed by atoms with Crippen LogP contribution in [0.4, 0.5) is 0 Å². The molecule has 3 aromatic rings. The van der Waals surface area contributed by atoms with E-state index in [0.717, 1.165) is 10.4 Å². The van der Waals surface area contributed by atoms with Gasteiger partial charge in [0, 0.05) is 10.4 Å². The zero-order valence-corrected chi connectivity index (χ0v) is 13.5. The lowest BCUT2D eigenvalue weighted by Gasteiger charge is -2.18. The molecule has 0 radical (unpaired) electrons. The van der Waals surface area contributed by atoms with E-state index in [9.17, 15) is 4.79 Å². The summed E-state index contributed by atoms with van der Waals surface area (Å²) < 4.78 is 5.19. The number of benzene rings is 2. The summed E-state index contributed by atoms with van der Waals surface area (Å²) in [6.45, 7) is 0. The minimum atomic E-state index is -0.157. The summed E-state index contributed by atoms with van der Waals surface area (Å²) in [6, 6.07) is 21.0. The minimum absolute atomic E-state index is 0.119. The average Bonchev–Trinajstić information content (AvgIpc) is 3.14. The molecule has 116 valence electrons. The monoisotopic (exact) mass is 323 g/mol. The molecule has 2 aromatic carbocycles. The average molecular weight is 323 g/mol. The molecule has 0 aliphatic rings. The molecule has 1 N–H and O–H groups in total. The number of thiophene rings is 1. The highest BCUT2D eigenvalue weighted by molar-refractivity contribution is 7.10. The van der Waals surface area contributed by atoms with Gasteiger partial charge < -0.3 is 10.1 Å². The number of ether oxygens (including phenoxy) is 1. The van der Waals surface area contributed by atoms with Crippen LogP contribution >= 0.6 is 11.3 Å². The molecule has 1 amide bonds. The van der Waals surface area contributed by atoms with Crippen molar-refractivity contribution in [3.05, 3.63) is 88.1 Å². The summed E-state index contributed by atoms with van der Waals surface area (Å²) in [5.74, 6) is 0.552. The third-order valence-electron chi connectivity index (χ3n) is 3.57. The molecule has 0 aliphatic heterocycles. The van der Waals surface area contributed by atoms with Crippen molar-refractivity contribution in [3.8, 4) is 5.75 Å². The van der Waals surface area contributed by atoms with Crippen molar-refractivity contribution < 1.29 is 9.53 Å². The quantitative estimate of drug-likeness (QED) is 0.761. The van der Waals surface area contributed by atoms with Crippen LogP contribution in [0.3, 0.4) is 0 Å². The van der Waals surface area contributed by atoms with Crippen LogP contribution in [0.15, 0.2) is 72.1 Å². The summed E-state index contributed by atoms with van der Waals surface area (Å²) >= 11 is 1.63. The van der Waals surface area contributed by atoms with E-state index in [1.54, 1.807) is 30.6 Å². The van der Waals surface area contributed by atoms with E-state index in [2.05, 4.69) is 5.32 Å². The van der Waals surface area contributed by atoms with Crippen molar-refractivity contribution in [1.82, 2.24) is 5.32 Å². The van der Waals surface area contributed by atoms with Gasteiger partial charge in [-0.1, -0.05) is 42.5 Å². The second-order valence-electron chi connectivity index (χ2n) is 5.06. The SMILES string of the molecule is COc1cccc(C(=O)N[C@H](c2ccccc2)c2cccs2)c1. The standard InChI is InChI=1S/C19H17NO2S/c1-22-16-10-5-9-15(13-16)19(21)20-18(17-11-6-12-23-17)14-7-3-2-4-8-14/h2-13,18H,1H3,(H,20,21)/t18-/m1/s1. The first-order valence-corrected chi connectivity index (χ1v) is 8.19. The van der Waals surface area contributed by atoms with Gasteiger partial charge in [0.15, 0.2) is 0 Å². The van der Waals surface area contributed by atoms with Gasteiger partial charge in [0.1, 0.15) is 5.75 Å². The van der Waals surface area contributed by atoms with Crippen molar-refractivity contribution >= 4 is 17.2 Å². The molecule has 4 heteroatoms. The minimum Gasteiger partial charge on any atom is -0.497 e. The Morgan fingerprint density at radius 1 is 1.04 bits per heavy atom. The molecule has 1 heterocycles. The molecule has 0 saturated heterocycles. The second kappa shape index (κ2) is 7.11. The van der Waals surface area contributed by atoms with Gasteiger partial charge in [0.05, 0.1) is 13.2 Å². The number of carbonyl (C=O) groups is 1. The number of nitrogens with one attached hydrogen (secondary N) is 1. The van der Waals surface area contributed by atoms with Gasteiger partial charge in [-0.3, -0.25) is 4.79 Å². The van der Waals surface area contributed by atoms with Gasteiger partial charge in [-0.25, -0.2) is 0 Å². The number of carbonyl (C=O) groups excluding carboxylic acids is 1. The molecule has 3 nitrogen and oxygen atoms in total. The van der Waals surface area contributed by atoms with Crippen LogP contribution in [0.25, 0.3) is 0 Å². The van der Waals surface area contributed by atoms with Crippen molar-refractivity contribution in [2.24, 2.45) is 0 Å². The van der Waals surface area contributed by atoms with E-state index in [-0.39, 0.29) is 11.9 Å². The van der Waals surface area contributed by atoms with Crippen molar-refractivity contribution in [2.45, 2.75) is 6.04 Å². The van der Waals surface area contributed by atoms with Gasteiger partial charge >= 0.3 is 0 Å². The molecule has 0 unspecified atom stereocenters. The number of rotatable bonds is 5. The summed E-state index contributed by atoms with van der Waals surface area (Å²) in [5, 5.41) is 5.14. The largest absolute Gasteiger partial charge is 0.497 e. The van der Waals surface area contributed by atoms with Crippen LogP contribution in [0.2, 0.25) is 0 Å². The number of methoxy groups -OCH3 is 1. The highest BCUT2D eigenvalue weighted by atomic mass is 32.1. The van der Waals surface area contributed by atoms with E-state index in [0.29, 0.717) is 11.3 Å². The Hall–Kier alpha value is -2.59. The maximum absolute atomic E-state index is 12.6. The third kappa shape index (κ3) is 3.60. The summed E-state index contributed by atoms with van der Waals surface area (Å²) in [7, 11) is 1.59. The Labute approximate surface area is 139 Å². The maximum atomic E-state index is 12.6. The maximum Gasteiger partial charge on any atom is 0.252 e. The molecule has 23 heavy (non-hydrogen) atoms. The summed E-state index contributed by atoms with van der Waals surface area (Å²) in [4.78, 5) is 13.7. The van der Waals surface area contributed by atoms with Gasteiger partial charge in [0.25, 0.3) is 5.91 Å². The zero-order chi connectivity index (χ0) is 16.1. The van der Waals surface area contributed by atoms with Crippen molar-refractivity contribution in [1.29, 1.82) is 0 Å². The van der Waals surface area contributed by atoms with Crippen LogP contribution in [0.1, 0.15) is 26.8 Å². The fourth-order valence-electron chi connectivity index (χ4n) is 2.40. The fourth-order valence-corrected chi connectivity index (χ4v) is 3.20. The van der Waals surface area contributed by atoms with Crippen molar-refractivity contribution in [2.75, 3.05) is 7.11 Å². The van der Waals surface area contributed by atoms with Gasteiger partial charge in [0.2, 0.25) is 0 Å². The number of hydrogen-bond donors (Lipinski definition) is 1. The van der Waals surface area contributed by atoms with E-state index >= 15 is 0 Å². The highest BCUT2D eigenvalue weighted by Crippen LogP contribution is 2.26. The topological polar surface area (TPSA) is 38.3 Å².